The molecule has 0 bridgehead atoms. The van der Waals surface area contributed by atoms with Crippen LogP contribution in [0, 0.1) is 6.92 Å². The Morgan fingerprint density at radius 2 is 2.00 bits per heavy atom. The fourth-order valence-electron chi connectivity index (χ4n) is 4.02. The molecule has 0 unspecified atom stereocenters. The Labute approximate surface area is 145 Å². The Morgan fingerprint density at radius 1 is 1.20 bits per heavy atom. The van der Waals surface area contributed by atoms with Gasteiger partial charge in [0.2, 0.25) is 0 Å². The Hall–Kier alpha value is -2.82. The highest BCUT2D eigenvalue weighted by Crippen LogP contribution is 2.47. The van der Waals surface area contributed by atoms with Crippen LogP contribution in [0.3, 0.4) is 0 Å². The molecular weight excluding hydrogens is 316 g/mol. The van der Waals surface area contributed by atoms with E-state index in [1.165, 1.54) is 7.11 Å². The van der Waals surface area contributed by atoms with E-state index in [1.54, 1.807) is 12.1 Å². The molecule has 1 spiro atoms. The SMILES string of the molecule is COC(=O)c1ccccc1[C@H]1CN=N[C@]12Cc1c(C)cccc1C2=O. The third-order valence-corrected chi connectivity index (χ3v) is 5.33. The first-order chi connectivity index (χ1) is 12.1. The minimum Gasteiger partial charge on any atom is -0.465 e. The molecule has 2 atom stereocenters. The van der Waals surface area contributed by atoms with Crippen molar-refractivity contribution in [2.45, 2.75) is 24.8 Å². The van der Waals surface area contributed by atoms with Gasteiger partial charge >= 0.3 is 5.97 Å². The van der Waals surface area contributed by atoms with Crippen LogP contribution in [0.1, 0.15) is 43.3 Å². The van der Waals surface area contributed by atoms with Crippen molar-refractivity contribution in [2.24, 2.45) is 10.2 Å². The van der Waals surface area contributed by atoms with Gasteiger partial charge < -0.3 is 4.74 Å². The average Bonchev–Trinajstić information content (AvgIpc) is 3.18. The van der Waals surface area contributed by atoms with Gasteiger partial charge in [0.1, 0.15) is 0 Å². The van der Waals surface area contributed by atoms with E-state index in [2.05, 4.69) is 10.2 Å². The third-order valence-electron chi connectivity index (χ3n) is 5.33. The number of methoxy groups -OCH3 is 1. The van der Waals surface area contributed by atoms with E-state index < -0.39 is 11.5 Å². The molecule has 2 aromatic carbocycles. The topological polar surface area (TPSA) is 68.1 Å². The van der Waals surface area contributed by atoms with E-state index in [-0.39, 0.29) is 11.7 Å². The quantitative estimate of drug-likeness (QED) is 0.789. The van der Waals surface area contributed by atoms with Crippen molar-refractivity contribution >= 4 is 11.8 Å². The van der Waals surface area contributed by atoms with Crippen molar-refractivity contribution in [1.29, 1.82) is 0 Å². The van der Waals surface area contributed by atoms with Gasteiger partial charge in [0.05, 0.1) is 19.2 Å². The van der Waals surface area contributed by atoms with Gasteiger partial charge in [-0.2, -0.15) is 10.2 Å². The molecular formula is C20H18N2O3. The third kappa shape index (κ3) is 2.15. The summed E-state index contributed by atoms with van der Waals surface area (Å²) in [6, 6.07) is 13.0. The van der Waals surface area contributed by atoms with E-state index in [9.17, 15) is 9.59 Å². The summed E-state index contributed by atoms with van der Waals surface area (Å²) in [5.74, 6) is -0.670. The Balaban J connectivity index is 1.84. The molecule has 126 valence electrons. The van der Waals surface area contributed by atoms with Gasteiger partial charge in [0, 0.05) is 17.9 Å². The predicted octanol–water partition coefficient (Wildman–Crippen LogP) is 3.51. The van der Waals surface area contributed by atoms with E-state index in [0.29, 0.717) is 18.5 Å². The zero-order valence-corrected chi connectivity index (χ0v) is 14.2. The summed E-state index contributed by atoms with van der Waals surface area (Å²) in [5.41, 5.74) is 3.15. The molecule has 25 heavy (non-hydrogen) atoms. The lowest BCUT2D eigenvalue weighted by molar-refractivity contribution is 0.0597. The van der Waals surface area contributed by atoms with Crippen LogP contribution in [0.15, 0.2) is 52.7 Å². The number of hydrogen-bond acceptors (Lipinski definition) is 5. The second-order valence-electron chi connectivity index (χ2n) is 6.59. The van der Waals surface area contributed by atoms with Crippen molar-refractivity contribution in [1.82, 2.24) is 0 Å². The monoisotopic (exact) mass is 334 g/mol. The van der Waals surface area contributed by atoms with Crippen molar-refractivity contribution in [3.8, 4) is 0 Å². The summed E-state index contributed by atoms with van der Waals surface area (Å²) in [6.45, 7) is 2.40. The minimum atomic E-state index is -0.946. The number of benzene rings is 2. The molecule has 0 amide bonds. The first-order valence-electron chi connectivity index (χ1n) is 8.27. The lowest BCUT2D eigenvalue weighted by Crippen LogP contribution is -2.39. The largest absolute Gasteiger partial charge is 0.465 e. The first-order valence-corrected chi connectivity index (χ1v) is 8.27. The van der Waals surface area contributed by atoms with Crippen LogP contribution in [0.4, 0.5) is 0 Å². The second-order valence-corrected chi connectivity index (χ2v) is 6.59. The van der Waals surface area contributed by atoms with Gasteiger partial charge in [-0.25, -0.2) is 4.79 Å². The number of carbonyl (C=O) groups is 2. The van der Waals surface area contributed by atoms with E-state index in [4.69, 9.17) is 4.74 Å². The molecule has 0 radical (unpaired) electrons. The zero-order valence-electron chi connectivity index (χ0n) is 14.2. The van der Waals surface area contributed by atoms with Gasteiger partial charge in [0.15, 0.2) is 11.3 Å². The fourth-order valence-corrected chi connectivity index (χ4v) is 4.02. The Morgan fingerprint density at radius 3 is 2.76 bits per heavy atom. The average molecular weight is 334 g/mol. The second kappa shape index (κ2) is 5.62. The van der Waals surface area contributed by atoms with Crippen molar-refractivity contribution in [3.05, 3.63) is 70.3 Å². The maximum atomic E-state index is 13.2. The standard InChI is InChI=1S/C20H18N2O3/c1-12-6-5-9-14-16(12)10-20(18(14)23)17(11-21-22-20)13-7-3-4-8-15(13)19(24)25-2/h3-9,17H,10-11H2,1-2H3/t17-,20-/m1/s1. The molecule has 2 aliphatic rings. The number of rotatable bonds is 2. The molecule has 1 aliphatic carbocycles. The molecule has 0 aromatic heterocycles. The van der Waals surface area contributed by atoms with Crippen LogP contribution in [0.2, 0.25) is 0 Å². The summed E-state index contributed by atoms with van der Waals surface area (Å²) >= 11 is 0. The van der Waals surface area contributed by atoms with Crippen LogP contribution in [-0.4, -0.2) is 30.9 Å². The number of Topliss-reactive ketones (excluding diaryl/α,β-unsaturated/α-hetero) is 1. The van der Waals surface area contributed by atoms with Crippen LogP contribution in [0.25, 0.3) is 0 Å². The molecule has 2 aromatic rings. The molecule has 1 heterocycles. The van der Waals surface area contributed by atoms with Crippen molar-refractivity contribution < 1.29 is 14.3 Å². The minimum absolute atomic E-state index is 0.00267. The van der Waals surface area contributed by atoms with Crippen LogP contribution in [0.5, 0.6) is 0 Å². The Bertz CT molecular complexity index is 919. The molecule has 0 N–H and O–H groups in total. The van der Waals surface area contributed by atoms with Crippen LogP contribution >= 0.6 is 0 Å². The number of ketones is 1. The van der Waals surface area contributed by atoms with E-state index in [1.807, 2.05) is 37.3 Å². The highest BCUT2D eigenvalue weighted by Gasteiger charge is 2.55. The van der Waals surface area contributed by atoms with Gasteiger partial charge in [-0.05, 0) is 29.7 Å². The normalized spacial score (nSPS) is 23.9. The number of nitrogens with zero attached hydrogens (tertiary/aromatic N) is 2. The van der Waals surface area contributed by atoms with Gasteiger partial charge in [-0.1, -0.05) is 36.4 Å². The summed E-state index contributed by atoms with van der Waals surface area (Å²) in [7, 11) is 1.36. The van der Waals surface area contributed by atoms with Crippen molar-refractivity contribution in [3.63, 3.8) is 0 Å². The predicted molar refractivity (Wildman–Crippen MR) is 92.2 cm³/mol. The number of carbonyl (C=O) groups excluding carboxylic acids is 2. The number of ether oxygens (including phenoxy) is 1. The molecule has 4 rings (SSSR count). The van der Waals surface area contributed by atoms with Crippen LogP contribution < -0.4 is 0 Å². The van der Waals surface area contributed by atoms with Gasteiger partial charge in [-0.3, -0.25) is 4.79 Å². The van der Waals surface area contributed by atoms with Gasteiger partial charge in [0.25, 0.3) is 0 Å². The lowest BCUT2D eigenvalue weighted by Gasteiger charge is -2.27. The number of fused-ring (bicyclic) bond motifs is 1. The number of azo groups is 1. The molecule has 0 fully saturated rings. The number of hydrogen-bond donors (Lipinski definition) is 0. The lowest BCUT2D eigenvalue weighted by atomic mass is 9.76. The molecule has 0 saturated carbocycles. The molecule has 5 heteroatoms. The zero-order chi connectivity index (χ0) is 17.6. The van der Waals surface area contributed by atoms with Gasteiger partial charge in [-0.15, -0.1) is 0 Å². The van der Waals surface area contributed by atoms with Crippen molar-refractivity contribution in [2.75, 3.05) is 13.7 Å². The molecule has 5 nitrogen and oxygen atoms in total. The maximum Gasteiger partial charge on any atom is 0.338 e. The molecule has 0 saturated heterocycles. The summed E-state index contributed by atoms with van der Waals surface area (Å²) < 4.78 is 4.91. The summed E-state index contributed by atoms with van der Waals surface area (Å²) in [6.07, 6.45) is 0.525. The van der Waals surface area contributed by atoms with E-state index in [0.717, 1.165) is 22.3 Å². The Kier molecular flexibility index (Phi) is 3.53. The summed E-state index contributed by atoms with van der Waals surface area (Å²) in [5, 5.41) is 8.63. The molecule has 1 aliphatic heterocycles. The smallest absolute Gasteiger partial charge is 0.338 e. The van der Waals surface area contributed by atoms with E-state index >= 15 is 0 Å². The number of aryl methyl sites for hydroxylation is 1. The summed E-state index contributed by atoms with van der Waals surface area (Å²) in [4.78, 5) is 25.4. The maximum absolute atomic E-state index is 13.2. The number of esters is 1. The highest BCUT2D eigenvalue weighted by atomic mass is 16.5. The van der Waals surface area contributed by atoms with Crippen LogP contribution in [-0.2, 0) is 11.2 Å². The highest BCUT2D eigenvalue weighted by molar-refractivity contribution is 6.09. The first kappa shape index (κ1) is 15.7. The fraction of sp³-hybridized carbons (Fsp3) is 0.300.